The number of amides is 3. The number of hydrogen-bond donors (Lipinski definition) is 6. The van der Waals surface area contributed by atoms with Gasteiger partial charge in [0.1, 0.15) is 18.1 Å². The zero-order chi connectivity index (χ0) is 31.4. The zero-order valence-corrected chi connectivity index (χ0v) is 22.7. The van der Waals surface area contributed by atoms with Crippen LogP contribution in [0.15, 0.2) is 47.4 Å². The summed E-state index contributed by atoms with van der Waals surface area (Å²) in [6, 6.07) is 10.1. The Morgan fingerprint density at radius 3 is 2.31 bits per heavy atom. The average Bonchev–Trinajstić information content (AvgIpc) is 2.93. The number of anilines is 2. The summed E-state index contributed by atoms with van der Waals surface area (Å²) in [6.45, 7) is 3.70. The predicted molar refractivity (Wildman–Crippen MR) is 144 cm³/mol. The number of aliphatic carboxylic acids is 1. The van der Waals surface area contributed by atoms with Crippen LogP contribution in [0.5, 0.6) is 5.75 Å². The first kappa shape index (κ1) is 32.9. The fourth-order valence-corrected chi connectivity index (χ4v) is 3.23. The minimum atomic E-state index is -5.08. The van der Waals surface area contributed by atoms with Crippen molar-refractivity contribution >= 4 is 29.5 Å². The van der Waals surface area contributed by atoms with Gasteiger partial charge in [0.2, 0.25) is 11.7 Å². The van der Waals surface area contributed by atoms with Crippen LogP contribution in [0.4, 0.5) is 29.6 Å². The number of hydrazine groups is 1. The molecule has 3 aromatic rings. The van der Waals surface area contributed by atoms with Gasteiger partial charge in [0.05, 0.1) is 7.11 Å². The Balaban J connectivity index is 0.000000782. The lowest BCUT2D eigenvalue weighted by atomic mass is 10.2. The highest BCUT2D eigenvalue weighted by atomic mass is 19.4. The predicted octanol–water partition coefficient (Wildman–Crippen LogP) is 1.62. The molecule has 226 valence electrons. The maximum Gasteiger partial charge on any atom is 0.490 e. The third-order valence-electron chi connectivity index (χ3n) is 5.42. The van der Waals surface area contributed by atoms with Gasteiger partial charge in [0.15, 0.2) is 0 Å². The Bertz CT molecular complexity index is 1480. The number of carbonyl (C=O) groups excluding carboxylic acids is 2. The lowest BCUT2D eigenvalue weighted by Gasteiger charge is -2.14. The van der Waals surface area contributed by atoms with E-state index in [1.165, 1.54) is 10.8 Å². The molecule has 2 heterocycles. The molecular weight excluding hydrogens is 565 g/mol. The summed E-state index contributed by atoms with van der Waals surface area (Å²) < 4.78 is 38.2. The molecule has 0 saturated heterocycles. The summed E-state index contributed by atoms with van der Waals surface area (Å²) in [5.41, 5.74) is 12.8. The number of pyridine rings is 1. The second-order valence-corrected chi connectivity index (χ2v) is 8.44. The van der Waals surface area contributed by atoms with Gasteiger partial charge >= 0.3 is 18.2 Å². The highest BCUT2D eigenvalue weighted by molar-refractivity contribution is 5.76. The number of ether oxygens (including phenoxy) is 1. The fourth-order valence-electron chi connectivity index (χ4n) is 3.23. The number of nitrogens with zero attached hydrogens (tertiary/aromatic N) is 3. The van der Waals surface area contributed by atoms with Crippen molar-refractivity contribution in [3.8, 4) is 5.75 Å². The molecule has 0 unspecified atom stereocenters. The number of aromatic nitrogens is 3. The van der Waals surface area contributed by atoms with Gasteiger partial charge in [0, 0.05) is 36.2 Å². The van der Waals surface area contributed by atoms with E-state index in [4.69, 9.17) is 20.4 Å². The van der Waals surface area contributed by atoms with Crippen LogP contribution in [0, 0.1) is 13.8 Å². The van der Waals surface area contributed by atoms with Crippen molar-refractivity contribution < 1.29 is 37.4 Å². The Hall–Kier alpha value is -5.35. The molecule has 0 spiro atoms. The van der Waals surface area contributed by atoms with Gasteiger partial charge in [-0.15, -0.1) is 0 Å². The largest absolute Gasteiger partial charge is 0.496 e. The van der Waals surface area contributed by atoms with Crippen LogP contribution in [-0.2, 0) is 29.2 Å². The van der Waals surface area contributed by atoms with E-state index in [1.807, 2.05) is 18.2 Å². The number of carboxylic acids is 1. The molecule has 3 amide bonds. The number of methoxy groups -OCH3 is 1. The maximum atomic E-state index is 12.8. The van der Waals surface area contributed by atoms with Crippen molar-refractivity contribution in [1.82, 2.24) is 30.6 Å². The standard InChI is InChI=1S/C23H28N8O4.C2HF3O2/c1-14-10-26-21(29-30-23(34)27-12-17-6-4-5-7-18(17)35-3)22(33)31(14)13-20(32)25-11-16-8-9-19(24)28-15(16)2;3-2(4,5)1(6)7/h4-10H,11-13H2,1-3H3,(H2,24,28)(H,25,32)(H,26,29)(H2,27,30,34);(H,6,7). The number of urea groups is 1. The summed E-state index contributed by atoms with van der Waals surface area (Å²) in [4.78, 5) is 54.5. The van der Waals surface area contributed by atoms with Crippen LogP contribution < -0.4 is 37.5 Å². The van der Waals surface area contributed by atoms with Crippen molar-refractivity contribution in [1.29, 1.82) is 0 Å². The van der Waals surface area contributed by atoms with Crippen LogP contribution in [0.25, 0.3) is 0 Å². The van der Waals surface area contributed by atoms with E-state index in [1.54, 1.807) is 39.2 Å². The summed E-state index contributed by atoms with van der Waals surface area (Å²) in [5, 5.41) is 12.5. The summed E-state index contributed by atoms with van der Waals surface area (Å²) >= 11 is 0. The number of nitrogens with two attached hydrogens (primary N) is 1. The van der Waals surface area contributed by atoms with E-state index in [0.29, 0.717) is 23.0 Å². The van der Waals surface area contributed by atoms with E-state index in [9.17, 15) is 27.6 Å². The quantitative estimate of drug-likeness (QED) is 0.198. The van der Waals surface area contributed by atoms with Crippen molar-refractivity contribution in [2.75, 3.05) is 18.3 Å². The number of nitrogen functional groups attached to an aromatic ring is 1. The van der Waals surface area contributed by atoms with Gasteiger partial charge < -0.3 is 26.2 Å². The lowest BCUT2D eigenvalue weighted by molar-refractivity contribution is -0.192. The molecule has 17 heteroatoms. The van der Waals surface area contributed by atoms with E-state index < -0.39 is 23.7 Å². The fraction of sp³-hybridized carbons (Fsp3) is 0.280. The summed E-state index contributed by atoms with van der Waals surface area (Å²) in [7, 11) is 1.55. The second-order valence-electron chi connectivity index (χ2n) is 8.44. The van der Waals surface area contributed by atoms with Crippen LogP contribution >= 0.6 is 0 Å². The van der Waals surface area contributed by atoms with Crippen LogP contribution in [0.2, 0.25) is 0 Å². The molecule has 0 aliphatic heterocycles. The Kier molecular flexibility index (Phi) is 11.6. The molecule has 2 aromatic heterocycles. The van der Waals surface area contributed by atoms with Gasteiger partial charge in [-0.05, 0) is 31.5 Å². The number of nitrogens with one attached hydrogen (secondary N) is 4. The minimum Gasteiger partial charge on any atom is -0.496 e. The Morgan fingerprint density at radius 2 is 1.69 bits per heavy atom. The third kappa shape index (κ3) is 10.00. The number of benzene rings is 1. The van der Waals surface area contributed by atoms with Crippen molar-refractivity contribution in [2.24, 2.45) is 0 Å². The lowest BCUT2D eigenvalue weighted by Crippen LogP contribution is -2.42. The number of aryl methyl sites for hydroxylation is 2. The molecule has 0 aliphatic rings. The maximum absolute atomic E-state index is 12.8. The molecular formula is C25H29F3N8O6. The van der Waals surface area contributed by atoms with Crippen molar-refractivity contribution in [3.63, 3.8) is 0 Å². The van der Waals surface area contributed by atoms with Gasteiger partial charge in [-0.1, -0.05) is 24.3 Å². The molecule has 0 radical (unpaired) electrons. The first-order valence-electron chi connectivity index (χ1n) is 12.0. The molecule has 0 bridgehead atoms. The molecule has 42 heavy (non-hydrogen) atoms. The molecule has 1 aromatic carbocycles. The third-order valence-corrected chi connectivity index (χ3v) is 5.42. The SMILES string of the molecule is COc1ccccc1CNC(=O)NNc1ncc(C)n(CC(=O)NCc2ccc(N)nc2C)c1=O.O=C(O)C(F)(F)F. The van der Waals surface area contributed by atoms with Crippen LogP contribution in [-0.4, -0.2) is 50.8 Å². The van der Waals surface area contributed by atoms with Crippen molar-refractivity contribution in [3.05, 3.63) is 75.5 Å². The first-order chi connectivity index (χ1) is 19.7. The molecule has 0 atom stereocenters. The highest BCUT2D eigenvalue weighted by Crippen LogP contribution is 2.16. The number of alkyl halides is 3. The summed E-state index contributed by atoms with van der Waals surface area (Å²) in [5.74, 6) is -2.21. The molecule has 7 N–H and O–H groups in total. The van der Waals surface area contributed by atoms with Crippen molar-refractivity contribution in [2.45, 2.75) is 39.7 Å². The molecule has 0 saturated carbocycles. The van der Waals surface area contributed by atoms with E-state index in [2.05, 4.69) is 31.5 Å². The zero-order valence-electron chi connectivity index (χ0n) is 22.7. The Labute approximate surface area is 237 Å². The monoisotopic (exact) mass is 594 g/mol. The number of halogens is 3. The van der Waals surface area contributed by atoms with E-state index >= 15 is 0 Å². The first-order valence-corrected chi connectivity index (χ1v) is 12.0. The summed E-state index contributed by atoms with van der Waals surface area (Å²) in [6.07, 6.45) is -3.65. The number of hydrogen-bond acceptors (Lipinski definition) is 9. The Morgan fingerprint density at radius 1 is 1.05 bits per heavy atom. The normalized spacial score (nSPS) is 10.5. The molecule has 3 rings (SSSR count). The second kappa shape index (κ2) is 14.9. The van der Waals surface area contributed by atoms with Gasteiger partial charge in [0.25, 0.3) is 5.56 Å². The van der Waals surface area contributed by atoms with Crippen LogP contribution in [0.1, 0.15) is 22.5 Å². The smallest absolute Gasteiger partial charge is 0.490 e. The van der Waals surface area contributed by atoms with Gasteiger partial charge in [-0.25, -0.2) is 19.6 Å². The van der Waals surface area contributed by atoms with E-state index in [-0.39, 0.29) is 31.4 Å². The van der Waals surface area contributed by atoms with Gasteiger partial charge in [-0.3, -0.25) is 25.0 Å². The minimum absolute atomic E-state index is 0.130. The number of rotatable bonds is 9. The molecule has 0 fully saturated rings. The topological polar surface area (TPSA) is 203 Å². The highest BCUT2D eigenvalue weighted by Gasteiger charge is 2.38. The molecule has 0 aliphatic carbocycles. The van der Waals surface area contributed by atoms with Crippen LogP contribution in [0.3, 0.4) is 0 Å². The molecule has 14 nitrogen and oxygen atoms in total. The number of carbonyl (C=O) groups is 3. The van der Waals surface area contributed by atoms with Gasteiger partial charge in [-0.2, -0.15) is 13.2 Å². The number of carboxylic acid groups (broad SMARTS) is 1. The number of para-hydroxylation sites is 1. The van der Waals surface area contributed by atoms with E-state index in [0.717, 1.165) is 11.1 Å². The average molecular weight is 595 g/mol.